The van der Waals surface area contributed by atoms with Crippen molar-refractivity contribution in [3.8, 4) is 5.69 Å². The molecule has 0 aliphatic carbocycles. The summed E-state index contributed by atoms with van der Waals surface area (Å²) in [6.45, 7) is 0. The minimum Gasteiger partial charge on any atom is -0.369 e. The molecule has 172 valence electrons. The Hall–Kier alpha value is -3.18. The van der Waals surface area contributed by atoms with Crippen molar-refractivity contribution in [1.82, 2.24) is 9.55 Å². The lowest BCUT2D eigenvalue weighted by molar-refractivity contribution is -0.376. The number of rotatable bonds is 4. The first-order chi connectivity index (χ1) is 15.4. The van der Waals surface area contributed by atoms with E-state index in [0.29, 0.717) is 17.6 Å². The molecule has 0 aliphatic heterocycles. The highest BCUT2D eigenvalue weighted by atomic mass is 32.1. The Labute approximate surface area is 186 Å². The molecule has 0 saturated carbocycles. The fourth-order valence-electron chi connectivity index (χ4n) is 3.47. The lowest BCUT2D eigenvalue weighted by Crippen LogP contribution is -2.53. The minimum absolute atomic E-state index is 0.0157. The average Bonchev–Trinajstić information content (AvgIpc) is 3.22. The van der Waals surface area contributed by atoms with Gasteiger partial charge in [0, 0.05) is 22.7 Å². The van der Waals surface area contributed by atoms with E-state index in [-0.39, 0.29) is 23.3 Å². The number of benzene rings is 2. The Morgan fingerprint density at radius 2 is 1.48 bits per heavy atom. The number of thiophene rings is 1. The molecule has 0 radical (unpaired) electrons. The summed E-state index contributed by atoms with van der Waals surface area (Å²) < 4.78 is 80.3. The van der Waals surface area contributed by atoms with E-state index < -0.39 is 29.1 Å². The van der Waals surface area contributed by atoms with Gasteiger partial charge in [0.05, 0.1) is 16.6 Å². The minimum atomic E-state index is -6.00. The van der Waals surface area contributed by atoms with E-state index in [1.165, 1.54) is 11.3 Å². The number of alkyl halides is 6. The summed E-state index contributed by atoms with van der Waals surface area (Å²) in [6, 6.07) is 11.8. The molecule has 4 aromatic rings. The molecular formula is C22H14F6N2O2S. The third-order valence-corrected chi connectivity index (χ3v) is 5.88. The fourth-order valence-corrected chi connectivity index (χ4v) is 4.20. The highest BCUT2D eigenvalue weighted by molar-refractivity contribution is 7.09. The molecule has 2 aromatic carbocycles. The Bertz CT molecular complexity index is 1330. The number of hydrogen-bond acceptors (Lipinski definition) is 4. The summed E-state index contributed by atoms with van der Waals surface area (Å²) in [4.78, 5) is 17.6. The second kappa shape index (κ2) is 7.99. The van der Waals surface area contributed by atoms with Crippen LogP contribution in [0, 0.1) is 0 Å². The SMILES string of the molecule is O=c1c2cscc2nc(Cc2ccccc2)n1-c1ccc(C(O)(C(F)(F)F)C(F)(F)F)cc1. The lowest BCUT2D eigenvalue weighted by atomic mass is 9.92. The molecule has 0 unspecified atom stereocenters. The van der Waals surface area contributed by atoms with E-state index in [1.54, 1.807) is 41.1 Å². The number of nitrogens with zero attached hydrogens (tertiary/aromatic N) is 2. The number of halogens is 6. The zero-order valence-electron chi connectivity index (χ0n) is 16.5. The van der Waals surface area contributed by atoms with E-state index in [9.17, 15) is 36.2 Å². The smallest absolute Gasteiger partial charge is 0.369 e. The van der Waals surface area contributed by atoms with Crippen molar-refractivity contribution in [3.63, 3.8) is 0 Å². The molecule has 0 amide bonds. The van der Waals surface area contributed by atoms with Gasteiger partial charge in [-0.3, -0.25) is 9.36 Å². The largest absolute Gasteiger partial charge is 0.430 e. The van der Waals surface area contributed by atoms with Crippen LogP contribution in [0.25, 0.3) is 16.6 Å². The van der Waals surface area contributed by atoms with Crippen molar-refractivity contribution in [2.75, 3.05) is 0 Å². The summed E-state index contributed by atoms with van der Waals surface area (Å²) in [5, 5.41) is 13.1. The Morgan fingerprint density at radius 1 is 0.879 bits per heavy atom. The van der Waals surface area contributed by atoms with Crippen molar-refractivity contribution in [2.24, 2.45) is 0 Å². The average molecular weight is 484 g/mol. The first-order valence-electron chi connectivity index (χ1n) is 9.42. The maximum atomic E-state index is 13.2. The number of hydrogen-bond donors (Lipinski definition) is 1. The maximum absolute atomic E-state index is 13.2. The molecule has 0 aliphatic rings. The van der Waals surface area contributed by atoms with Crippen LogP contribution in [0.4, 0.5) is 26.3 Å². The highest BCUT2D eigenvalue weighted by Gasteiger charge is 2.71. The molecule has 4 rings (SSSR count). The van der Waals surface area contributed by atoms with Crippen LogP contribution >= 0.6 is 11.3 Å². The fraction of sp³-hybridized carbons (Fsp3) is 0.182. The molecule has 2 aromatic heterocycles. The standard InChI is InChI=1S/C22H14F6N2O2S/c23-21(24,25)20(32,22(26,27)28)14-6-8-15(9-7-14)30-18(10-13-4-2-1-3-5-13)29-17-12-33-11-16(17)19(30)31/h1-9,11-12,32H,10H2. The van der Waals surface area contributed by atoms with E-state index in [4.69, 9.17) is 0 Å². The van der Waals surface area contributed by atoms with Gasteiger partial charge in [-0.15, -0.1) is 11.3 Å². The van der Waals surface area contributed by atoms with E-state index in [0.717, 1.165) is 22.3 Å². The molecule has 0 spiro atoms. The van der Waals surface area contributed by atoms with Gasteiger partial charge in [-0.2, -0.15) is 26.3 Å². The van der Waals surface area contributed by atoms with Crippen LogP contribution in [-0.4, -0.2) is 27.0 Å². The van der Waals surface area contributed by atoms with Gasteiger partial charge in [0.25, 0.3) is 11.2 Å². The van der Waals surface area contributed by atoms with Gasteiger partial charge in [0.1, 0.15) is 5.82 Å². The Balaban J connectivity index is 1.86. The van der Waals surface area contributed by atoms with Gasteiger partial charge >= 0.3 is 12.4 Å². The zero-order valence-corrected chi connectivity index (χ0v) is 17.3. The zero-order chi connectivity index (χ0) is 24.0. The summed E-state index contributed by atoms with van der Waals surface area (Å²) in [5.74, 6) is 0.256. The van der Waals surface area contributed by atoms with Crippen LogP contribution in [0.3, 0.4) is 0 Å². The van der Waals surface area contributed by atoms with Crippen molar-refractivity contribution < 1.29 is 31.4 Å². The van der Waals surface area contributed by atoms with E-state index in [2.05, 4.69) is 4.98 Å². The van der Waals surface area contributed by atoms with Gasteiger partial charge in [-0.25, -0.2) is 4.98 Å². The van der Waals surface area contributed by atoms with Gasteiger partial charge in [-0.1, -0.05) is 42.5 Å². The summed E-state index contributed by atoms with van der Waals surface area (Å²) in [6.07, 6.45) is -11.8. The van der Waals surface area contributed by atoms with Crippen molar-refractivity contribution in [1.29, 1.82) is 0 Å². The van der Waals surface area contributed by atoms with Crippen LogP contribution in [-0.2, 0) is 12.0 Å². The molecule has 0 fully saturated rings. The molecule has 4 nitrogen and oxygen atoms in total. The van der Waals surface area contributed by atoms with E-state index >= 15 is 0 Å². The van der Waals surface area contributed by atoms with Gasteiger partial charge in [-0.05, 0) is 17.7 Å². The van der Waals surface area contributed by atoms with Crippen molar-refractivity contribution in [3.05, 3.63) is 92.7 Å². The first-order valence-corrected chi connectivity index (χ1v) is 10.4. The Morgan fingerprint density at radius 3 is 2.06 bits per heavy atom. The summed E-state index contributed by atoms with van der Waals surface area (Å²) >= 11 is 1.24. The van der Waals surface area contributed by atoms with Crippen LogP contribution < -0.4 is 5.56 Å². The molecule has 0 atom stereocenters. The number of aromatic nitrogens is 2. The Kier molecular flexibility index (Phi) is 5.57. The molecular weight excluding hydrogens is 470 g/mol. The second-order valence-electron chi connectivity index (χ2n) is 7.25. The molecule has 0 bridgehead atoms. The molecule has 0 saturated heterocycles. The lowest BCUT2D eigenvalue weighted by Gasteiger charge is -2.32. The van der Waals surface area contributed by atoms with Gasteiger partial charge < -0.3 is 5.11 Å². The first kappa shape index (κ1) is 23.0. The number of aliphatic hydroxyl groups is 1. The molecule has 1 N–H and O–H groups in total. The van der Waals surface area contributed by atoms with Crippen LogP contribution in [0.5, 0.6) is 0 Å². The third-order valence-electron chi connectivity index (χ3n) is 5.15. The maximum Gasteiger partial charge on any atom is 0.430 e. The number of fused-ring (bicyclic) bond motifs is 1. The van der Waals surface area contributed by atoms with Gasteiger partial charge in [0.2, 0.25) is 0 Å². The summed E-state index contributed by atoms with van der Waals surface area (Å²) in [5.41, 5.74) is -5.72. The van der Waals surface area contributed by atoms with Crippen molar-refractivity contribution >= 4 is 22.2 Å². The second-order valence-corrected chi connectivity index (χ2v) is 8.00. The third kappa shape index (κ3) is 3.91. The van der Waals surface area contributed by atoms with E-state index in [1.807, 2.05) is 0 Å². The van der Waals surface area contributed by atoms with Gasteiger partial charge in [0.15, 0.2) is 0 Å². The predicted molar refractivity (Wildman–Crippen MR) is 110 cm³/mol. The highest BCUT2D eigenvalue weighted by Crippen LogP contribution is 2.50. The van der Waals surface area contributed by atoms with Crippen LogP contribution in [0.1, 0.15) is 17.0 Å². The topological polar surface area (TPSA) is 55.1 Å². The molecule has 33 heavy (non-hydrogen) atoms. The molecule has 11 heteroatoms. The summed E-state index contributed by atoms with van der Waals surface area (Å²) in [7, 11) is 0. The van der Waals surface area contributed by atoms with Crippen LogP contribution in [0.2, 0.25) is 0 Å². The van der Waals surface area contributed by atoms with Crippen LogP contribution in [0.15, 0.2) is 70.2 Å². The normalized spacial score (nSPS) is 12.9. The quantitative estimate of drug-likeness (QED) is 0.398. The monoisotopic (exact) mass is 484 g/mol. The molecule has 2 heterocycles. The predicted octanol–water partition coefficient (Wildman–Crippen LogP) is 5.35. The van der Waals surface area contributed by atoms with Crippen molar-refractivity contribution in [2.45, 2.75) is 24.4 Å².